The van der Waals surface area contributed by atoms with Crippen molar-refractivity contribution in [2.75, 3.05) is 11.3 Å². The van der Waals surface area contributed by atoms with Crippen molar-refractivity contribution in [1.29, 1.82) is 0 Å². The number of ether oxygens (including phenoxy) is 1. The fourth-order valence-electron chi connectivity index (χ4n) is 2.49. The van der Waals surface area contributed by atoms with Crippen LogP contribution in [0.15, 0.2) is 53.6 Å². The number of rotatable bonds is 5. The summed E-state index contributed by atoms with van der Waals surface area (Å²) < 4.78 is 33.5. The average Bonchev–Trinajstić information content (AvgIpc) is 2.65. The van der Waals surface area contributed by atoms with Crippen molar-refractivity contribution >= 4 is 55.2 Å². The van der Waals surface area contributed by atoms with E-state index in [-0.39, 0.29) is 22.8 Å². The number of phenolic OH excluding ortho intramolecular Hbond substituents is 1. The van der Waals surface area contributed by atoms with Crippen molar-refractivity contribution in [3.8, 4) is 5.75 Å². The normalized spacial score (nSPS) is 11.3. The summed E-state index contributed by atoms with van der Waals surface area (Å²) in [6, 6.07) is 10.5. The molecule has 3 rings (SSSR count). The number of carbonyl (C=O) groups is 1. The van der Waals surface area contributed by atoms with Gasteiger partial charge in [0.15, 0.2) is 5.75 Å². The molecule has 0 saturated heterocycles. The lowest BCUT2D eigenvalue weighted by atomic mass is 10.2. The Labute approximate surface area is 169 Å². The zero-order valence-corrected chi connectivity index (χ0v) is 17.1. The molecule has 27 heavy (non-hydrogen) atoms. The van der Waals surface area contributed by atoms with Gasteiger partial charge in [0.1, 0.15) is 5.52 Å². The number of halogens is 1. The second-order valence-electron chi connectivity index (χ2n) is 5.51. The maximum absolute atomic E-state index is 12.9. The predicted molar refractivity (Wildman–Crippen MR) is 109 cm³/mol. The number of phenols is 1. The van der Waals surface area contributed by atoms with Crippen LogP contribution >= 0.6 is 22.6 Å². The van der Waals surface area contributed by atoms with E-state index in [1.807, 2.05) is 22.6 Å². The first-order chi connectivity index (χ1) is 12.8. The van der Waals surface area contributed by atoms with Crippen LogP contribution in [0, 0.1) is 3.57 Å². The van der Waals surface area contributed by atoms with Gasteiger partial charge in [0.25, 0.3) is 10.0 Å². The monoisotopic (exact) mass is 498 g/mol. The van der Waals surface area contributed by atoms with Crippen LogP contribution in [-0.2, 0) is 14.8 Å². The highest BCUT2D eigenvalue weighted by Gasteiger charge is 2.21. The number of hydrogen-bond acceptors (Lipinski definition) is 6. The molecule has 0 radical (unpaired) electrons. The maximum Gasteiger partial charge on any atom is 0.338 e. The Bertz CT molecular complexity index is 1110. The number of esters is 1. The number of aromatic hydroxyl groups is 1. The van der Waals surface area contributed by atoms with Crippen LogP contribution in [0.1, 0.15) is 17.3 Å². The molecule has 0 aliphatic rings. The van der Waals surface area contributed by atoms with Gasteiger partial charge >= 0.3 is 5.97 Å². The molecule has 3 aromatic rings. The summed E-state index contributed by atoms with van der Waals surface area (Å²) in [5.41, 5.74) is 0.833. The number of hydrogen-bond donors (Lipinski definition) is 2. The second kappa shape index (κ2) is 7.69. The minimum absolute atomic E-state index is 0.00210. The van der Waals surface area contributed by atoms with Crippen LogP contribution < -0.4 is 4.72 Å². The molecule has 0 fully saturated rings. The second-order valence-corrected chi connectivity index (χ2v) is 8.32. The lowest BCUT2D eigenvalue weighted by Gasteiger charge is -2.12. The Kier molecular flexibility index (Phi) is 5.51. The average molecular weight is 498 g/mol. The molecule has 9 heteroatoms. The molecule has 2 N–H and O–H groups in total. The first kappa shape index (κ1) is 19.4. The third-order valence-corrected chi connectivity index (χ3v) is 5.96. The minimum Gasteiger partial charge on any atom is -0.505 e. The number of anilines is 1. The van der Waals surface area contributed by atoms with Crippen LogP contribution in [0.2, 0.25) is 0 Å². The molecule has 1 aromatic heterocycles. The first-order valence-electron chi connectivity index (χ1n) is 7.89. The van der Waals surface area contributed by atoms with Crippen molar-refractivity contribution in [3.63, 3.8) is 0 Å². The van der Waals surface area contributed by atoms with Crippen molar-refractivity contribution in [3.05, 3.63) is 57.8 Å². The van der Waals surface area contributed by atoms with E-state index in [2.05, 4.69) is 9.71 Å². The number of pyridine rings is 1. The van der Waals surface area contributed by atoms with Crippen molar-refractivity contribution in [1.82, 2.24) is 4.98 Å². The van der Waals surface area contributed by atoms with Crippen LogP contribution in [0.5, 0.6) is 5.75 Å². The molecular formula is C18H15IN2O5S. The van der Waals surface area contributed by atoms with E-state index in [4.69, 9.17) is 4.74 Å². The Morgan fingerprint density at radius 1 is 1.26 bits per heavy atom. The highest BCUT2D eigenvalue weighted by atomic mass is 127. The molecule has 7 nitrogen and oxygen atoms in total. The standard InChI is InChI=1S/C18H15IN2O5S/c1-2-26-18(23)11-5-7-12(8-6-11)21-27(24,25)15-10-14(19)17(22)16-13(15)4-3-9-20-16/h3-10,21-22H,2H2,1H3. The molecule has 0 saturated carbocycles. The Morgan fingerprint density at radius 3 is 2.63 bits per heavy atom. The lowest BCUT2D eigenvalue weighted by molar-refractivity contribution is 0.0526. The molecule has 0 unspecified atom stereocenters. The molecule has 0 bridgehead atoms. The highest BCUT2D eigenvalue weighted by Crippen LogP contribution is 2.34. The third-order valence-electron chi connectivity index (χ3n) is 3.72. The maximum atomic E-state index is 12.9. The summed E-state index contributed by atoms with van der Waals surface area (Å²) >= 11 is 1.85. The van der Waals surface area contributed by atoms with Crippen LogP contribution in [0.4, 0.5) is 5.69 Å². The Balaban J connectivity index is 1.97. The van der Waals surface area contributed by atoms with Gasteiger partial charge in [-0.15, -0.1) is 0 Å². The van der Waals surface area contributed by atoms with Gasteiger partial charge in [0.2, 0.25) is 0 Å². The molecule has 0 aliphatic heterocycles. The molecule has 0 amide bonds. The largest absolute Gasteiger partial charge is 0.505 e. The number of benzene rings is 2. The zero-order chi connectivity index (χ0) is 19.6. The molecule has 0 atom stereocenters. The molecule has 2 aromatic carbocycles. The first-order valence-corrected chi connectivity index (χ1v) is 10.5. The number of aromatic nitrogens is 1. The van der Waals surface area contributed by atoms with Crippen LogP contribution in [0.25, 0.3) is 10.9 Å². The topological polar surface area (TPSA) is 106 Å². The summed E-state index contributed by atoms with van der Waals surface area (Å²) in [4.78, 5) is 15.8. The van der Waals surface area contributed by atoms with Gasteiger partial charge < -0.3 is 9.84 Å². The fourth-order valence-corrected chi connectivity index (χ4v) is 4.55. The molecular weight excluding hydrogens is 483 g/mol. The van der Waals surface area contributed by atoms with Gasteiger partial charge in [0, 0.05) is 17.3 Å². The van der Waals surface area contributed by atoms with Crippen molar-refractivity contribution in [2.45, 2.75) is 11.8 Å². The van der Waals surface area contributed by atoms with Gasteiger partial charge in [-0.2, -0.15) is 0 Å². The molecule has 0 spiro atoms. The summed E-state index contributed by atoms with van der Waals surface area (Å²) in [7, 11) is -3.94. The Morgan fingerprint density at radius 2 is 1.96 bits per heavy atom. The number of nitrogens with zero attached hydrogens (tertiary/aromatic N) is 1. The van der Waals surface area contributed by atoms with Crippen molar-refractivity contribution in [2.24, 2.45) is 0 Å². The summed E-state index contributed by atoms with van der Waals surface area (Å²) in [6.45, 7) is 1.96. The summed E-state index contributed by atoms with van der Waals surface area (Å²) in [5.74, 6) is -0.541. The summed E-state index contributed by atoms with van der Waals surface area (Å²) in [5, 5.41) is 10.4. The number of nitrogens with one attached hydrogen (secondary N) is 1. The highest BCUT2D eigenvalue weighted by molar-refractivity contribution is 14.1. The van der Waals surface area contributed by atoms with Crippen molar-refractivity contribution < 1.29 is 23.1 Å². The SMILES string of the molecule is CCOC(=O)c1ccc(NS(=O)(=O)c2cc(I)c(O)c3ncccc23)cc1. The minimum atomic E-state index is -3.94. The number of carbonyl (C=O) groups excluding carboxylic acids is 1. The van der Waals surface area contributed by atoms with Crippen LogP contribution in [0.3, 0.4) is 0 Å². The molecule has 1 heterocycles. The van der Waals surface area contributed by atoms with Gasteiger partial charge in [-0.1, -0.05) is 0 Å². The van der Waals surface area contributed by atoms with Gasteiger partial charge in [-0.25, -0.2) is 13.2 Å². The third kappa shape index (κ3) is 3.98. The number of sulfonamides is 1. The van der Waals surface area contributed by atoms with E-state index in [1.165, 1.54) is 36.5 Å². The number of fused-ring (bicyclic) bond motifs is 1. The summed E-state index contributed by atoms with van der Waals surface area (Å²) in [6.07, 6.45) is 1.48. The van der Waals surface area contributed by atoms with E-state index in [0.29, 0.717) is 20.2 Å². The fraction of sp³-hybridized carbons (Fsp3) is 0.111. The Hall–Kier alpha value is -2.40. The van der Waals surface area contributed by atoms with E-state index < -0.39 is 16.0 Å². The smallest absolute Gasteiger partial charge is 0.338 e. The van der Waals surface area contributed by atoms with E-state index in [0.717, 1.165) is 0 Å². The van der Waals surface area contributed by atoms with Crippen LogP contribution in [-0.4, -0.2) is 31.1 Å². The van der Waals surface area contributed by atoms with Gasteiger partial charge in [0.05, 0.1) is 20.6 Å². The van der Waals surface area contributed by atoms with Gasteiger partial charge in [-0.3, -0.25) is 9.71 Å². The molecule has 140 valence electrons. The molecule has 0 aliphatic carbocycles. The zero-order valence-electron chi connectivity index (χ0n) is 14.1. The quantitative estimate of drug-likeness (QED) is 0.412. The van der Waals surface area contributed by atoms with E-state index in [9.17, 15) is 18.3 Å². The van der Waals surface area contributed by atoms with E-state index >= 15 is 0 Å². The predicted octanol–water partition coefficient (Wildman–Crippen LogP) is 3.52. The van der Waals surface area contributed by atoms with Gasteiger partial charge in [-0.05, 0) is 72.0 Å². The lowest BCUT2D eigenvalue weighted by Crippen LogP contribution is -2.14. The van der Waals surface area contributed by atoms with E-state index in [1.54, 1.807) is 19.1 Å².